The Morgan fingerprint density at radius 2 is 1.82 bits per heavy atom. The molecule has 2 aliphatic rings. The zero-order valence-corrected chi connectivity index (χ0v) is 21.9. The number of rotatable bonds is 7. The first-order chi connectivity index (χ1) is 18.8. The van der Waals surface area contributed by atoms with E-state index in [-0.39, 0.29) is 33.9 Å². The van der Waals surface area contributed by atoms with Crippen LogP contribution in [-0.2, 0) is 19.1 Å². The molecule has 4 rings (SSSR count). The van der Waals surface area contributed by atoms with E-state index in [0.717, 1.165) is 11.8 Å². The summed E-state index contributed by atoms with van der Waals surface area (Å²) in [5.74, 6) is -3.24. The molecule has 39 heavy (non-hydrogen) atoms. The number of allylic oxidation sites excluding steroid dienone is 3. The fraction of sp³-hybridized carbons (Fsp3) is 0.250. The Labute approximate surface area is 228 Å². The van der Waals surface area contributed by atoms with Crippen molar-refractivity contribution < 1.29 is 33.0 Å². The third-order valence-electron chi connectivity index (χ3n) is 6.33. The summed E-state index contributed by atoms with van der Waals surface area (Å²) >= 11 is 1.06. The van der Waals surface area contributed by atoms with Gasteiger partial charge in [0, 0.05) is 17.7 Å². The molecule has 0 unspecified atom stereocenters. The molecule has 2 aromatic carbocycles. The molecule has 0 fully saturated rings. The molecular weight excluding hydrogens is 525 g/mol. The summed E-state index contributed by atoms with van der Waals surface area (Å²) in [6, 6.07) is 11.9. The van der Waals surface area contributed by atoms with Crippen molar-refractivity contribution in [3.8, 4) is 6.07 Å². The number of carbonyl (C=O) groups is 4. The van der Waals surface area contributed by atoms with Gasteiger partial charge in [0.2, 0.25) is 5.91 Å². The number of dihydropyridines is 1. The molecule has 1 amide bonds. The van der Waals surface area contributed by atoms with E-state index in [0.29, 0.717) is 41.1 Å². The lowest BCUT2D eigenvalue weighted by Gasteiger charge is -2.33. The summed E-state index contributed by atoms with van der Waals surface area (Å²) in [5.41, 5.74) is 2.25. The molecule has 1 heterocycles. The lowest BCUT2D eigenvalue weighted by Crippen LogP contribution is -2.31. The number of nitriles is 1. The Balaban J connectivity index is 1.61. The summed E-state index contributed by atoms with van der Waals surface area (Å²) < 4.78 is 23.1. The molecule has 0 saturated heterocycles. The molecule has 1 atom stereocenters. The summed E-state index contributed by atoms with van der Waals surface area (Å²) in [4.78, 5) is 50.0. The number of esters is 2. The number of hydrogen-bond donors (Lipinski definition) is 2. The minimum Gasteiger partial charge on any atom is -0.465 e. The minimum absolute atomic E-state index is 0.0445. The maximum Gasteiger partial charge on any atom is 0.339 e. The third-order valence-corrected chi connectivity index (χ3v) is 7.35. The van der Waals surface area contributed by atoms with Crippen LogP contribution in [0.15, 0.2) is 64.3 Å². The predicted molar refractivity (Wildman–Crippen MR) is 141 cm³/mol. The standard InChI is InChI=1S/C28H24FN3O6S/c1-37-27(35)16-8-11-18(28(36)38-2)21(12-16)31-23(34)14-39-26-19(13-30)24(15-6-9-17(29)10-7-15)25-20(32-26)4-3-5-22(25)33/h6-12,24,32H,3-5,14H2,1-2H3,(H,31,34)/t24-/m0/s1. The van der Waals surface area contributed by atoms with Crippen molar-refractivity contribution in [3.63, 3.8) is 0 Å². The van der Waals surface area contributed by atoms with Crippen LogP contribution < -0.4 is 10.6 Å². The van der Waals surface area contributed by atoms with Crippen LogP contribution >= 0.6 is 11.8 Å². The highest BCUT2D eigenvalue weighted by atomic mass is 32.2. The molecule has 0 bridgehead atoms. The van der Waals surface area contributed by atoms with Crippen molar-refractivity contribution in [3.05, 3.63) is 86.8 Å². The summed E-state index contributed by atoms with van der Waals surface area (Å²) in [7, 11) is 2.40. The fourth-order valence-corrected chi connectivity index (χ4v) is 5.39. The van der Waals surface area contributed by atoms with Crippen LogP contribution in [0.25, 0.3) is 0 Å². The molecule has 2 aromatic rings. The number of amides is 1. The zero-order chi connectivity index (χ0) is 28.1. The van der Waals surface area contributed by atoms with Crippen molar-refractivity contribution in [2.75, 3.05) is 25.3 Å². The number of Topliss-reactive ketones (excluding diaryl/α,β-unsaturated/α-hetero) is 1. The molecule has 9 nitrogen and oxygen atoms in total. The lowest BCUT2D eigenvalue weighted by molar-refractivity contribution is -0.116. The van der Waals surface area contributed by atoms with E-state index >= 15 is 0 Å². The van der Waals surface area contributed by atoms with Crippen molar-refractivity contribution in [2.45, 2.75) is 25.2 Å². The van der Waals surface area contributed by atoms with E-state index in [9.17, 15) is 28.8 Å². The van der Waals surface area contributed by atoms with Gasteiger partial charge >= 0.3 is 11.9 Å². The van der Waals surface area contributed by atoms with Gasteiger partial charge in [0.15, 0.2) is 5.78 Å². The second-order valence-corrected chi connectivity index (χ2v) is 9.70. The summed E-state index contributed by atoms with van der Waals surface area (Å²) in [6.07, 6.45) is 1.60. The topological polar surface area (TPSA) is 135 Å². The second kappa shape index (κ2) is 12.0. The number of carbonyl (C=O) groups excluding carboxylic acids is 4. The van der Waals surface area contributed by atoms with Gasteiger partial charge < -0.3 is 20.1 Å². The predicted octanol–water partition coefficient (Wildman–Crippen LogP) is 4.20. The van der Waals surface area contributed by atoms with Gasteiger partial charge in [0.25, 0.3) is 0 Å². The minimum atomic E-state index is -0.707. The van der Waals surface area contributed by atoms with Crippen LogP contribution in [0.4, 0.5) is 10.1 Å². The highest BCUT2D eigenvalue weighted by molar-refractivity contribution is 8.03. The Hall–Kier alpha value is -4.43. The normalized spacial score (nSPS) is 16.6. The van der Waals surface area contributed by atoms with Crippen molar-refractivity contribution in [1.29, 1.82) is 5.26 Å². The number of nitrogens with one attached hydrogen (secondary N) is 2. The lowest BCUT2D eigenvalue weighted by atomic mass is 9.77. The average Bonchev–Trinajstić information content (AvgIpc) is 2.95. The van der Waals surface area contributed by atoms with E-state index in [1.165, 1.54) is 44.6 Å². The fourth-order valence-electron chi connectivity index (χ4n) is 4.53. The number of hydrogen-bond acceptors (Lipinski definition) is 9. The van der Waals surface area contributed by atoms with Crippen molar-refractivity contribution in [2.24, 2.45) is 0 Å². The van der Waals surface area contributed by atoms with Gasteiger partial charge in [-0.25, -0.2) is 14.0 Å². The summed E-state index contributed by atoms with van der Waals surface area (Å²) in [5, 5.41) is 16.3. The average molecular weight is 550 g/mol. The van der Waals surface area contributed by atoms with Gasteiger partial charge in [-0.2, -0.15) is 5.26 Å². The molecule has 1 aliphatic heterocycles. The number of methoxy groups -OCH3 is 2. The van der Waals surface area contributed by atoms with Crippen LogP contribution in [-0.4, -0.2) is 43.6 Å². The molecule has 1 aliphatic carbocycles. The number of benzene rings is 2. The highest BCUT2D eigenvalue weighted by Gasteiger charge is 2.37. The van der Waals surface area contributed by atoms with E-state index in [2.05, 4.69) is 16.7 Å². The van der Waals surface area contributed by atoms with Gasteiger partial charge in [-0.15, -0.1) is 0 Å². The Morgan fingerprint density at radius 1 is 1.10 bits per heavy atom. The Kier molecular flexibility index (Phi) is 8.46. The first kappa shape index (κ1) is 27.6. The van der Waals surface area contributed by atoms with Gasteiger partial charge in [0.1, 0.15) is 5.82 Å². The van der Waals surface area contributed by atoms with Crippen molar-refractivity contribution in [1.82, 2.24) is 5.32 Å². The van der Waals surface area contributed by atoms with Gasteiger partial charge in [-0.05, 0) is 48.7 Å². The quantitative estimate of drug-likeness (QED) is 0.487. The molecule has 0 saturated carbocycles. The van der Waals surface area contributed by atoms with E-state index in [4.69, 9.17) is 9.47 Å². The van der Waals surface area contributed by atoms with Crippen LogP contribution in [0.5, 0.6) is 0 Å². The first-order valence-corrected chi connectivity index (χ1v) is 12.9. The van der Waals surface area contributed by atoms with Crippen LogP contribution in [0.3, 0.4) is 0 Å². The monoisotopic (exact) mass is 549 g/mol. The zero-order valence-electron chi connectivity index (χ0n) is 21.1. The maximum absolute atomic E-state index is 13.6. The van der Waals surface area contributed by atoms with E-state index < -0.39 is 29.6 Å². The van der Waals surface area contributed by atoms with E-state index in [1.807, 2.05) is 0 Å². The molecular formula is C28H24FN3O6S. The SMILES string of the molecule is COC(=O)c1ccc(C(=O)OC)c(NC(=O)CSC2=C(C#N)[C@H](c3ccc(F)cc3)C3=C(CCCC3=O)N2)c1. The summed E-state index contributed by atoms with van der Waals surface area (Å²) in [6.45, 7) is 0. The van der Waals surface area contributed by atoms with Gasteiger partial charge in [0.05, 0.1) is 59.4 Å². The van der Waals surface area contributed by atoms with Crippen LogP contribution in [0.1, 0.15) is 51.5 Å². The highest BCUT2D eigenvalue weighted by Crippen LogP contribution is 2.44. The molecule has 0 spiro atoms. The third kappa shape index (κ3) is 5.86. The number of nitrogens with zero attached hydrogens (tertiary/aromatic N) is 1. The van der Waals surface area contributed by atoms with Crippen LogP contribution in [0.2, 0.25) is 0 Å². The number of anilines is 1. The van der Waals surface area contributed by atoms with Crippen LogP contribution in [0, 0.1) is 17.1 Å². The molecule has 0 radical (unpaired) electrons. The second-order valence-electron chi connectivity index (χ2n) is 8.71. The molecule has 200 valence electrons. The number of ketones is 1. The number of halogens is 1. The maximum atomic E-state index is 13.6. The first-order valence-electron chi connectivity index (χ1n) is 11.9. The number of ether oxygens (including phenoxy) is 2. The Bertz CT molecular complexity index is 1460. The van der Waals surface area contributed by atoms with Gasteiger partial charge in [-0.3, -0.25) is 9.59 Å². The van der Waals surface area contributed by atoms with E-state index in [1.54, 1.807) is 12.1 Å². The van der Waals surface area contributed by atoms with Gasteiger partial charge in [-0.1, -0.05) is 23.9 Å². The molecule has 11 heteroatoms. The Morgan fingerprint density at radius 3 is 2.49 bits per heavy atom. The van der Waals surface area contributed by atoms with Crippen molar-refractivity contribution >= 4 is 41.1 Å². The molecule has 0 aromatic heterocycles. The number of thioether (sulfide) groups is 1. The smallest absolute Gasteiger partial charge is 0.339 e. The largest absolute Gasteiger partial charge is 0.465 e. The molecule has 2 N–H and O–H groups in total.